The predicted octanol–water partition coefficient (Wildman–Crippen LogP) is 2.71. The zero-order chi connectivity index (χ0) is 16.1. The number of hydrogen-bond acceptors (Lipinski definition) is 4. The number of nitrogens with one attached hydrogen (secondary N) is 2. The van der Waals surface area contributed by atoms with Crippen LogP contribution in [0.25, 0.3) is 0 Å². The van der Waals surface area contributed by atoms with E-state index in [2.05, 4.69) is 15.6 Å². The molecule has 5 nitrogen and oxygen atoms in total. The van der Waals surface area contributed by atoms with Crippen LogP contribution < -0.4 is 10.6 Å². The molecule has 0 bridgehead atoms. The van der Waals surface area contributed by atoms with Gasteiger partial charge < -0.3 is 10.6 Å². The second-order valence-electron chi connectivity index (χ2n) is 5.41. The molecule has 0 aliphatic carbocycles. The number of aliphatic imine (C=N–C) groups is 1. The van der Waals surface area contributed by atoms with Crippen LogP contribution in [-0.2, 0) is 9.59 Å². The fourth-order valence-electron chi connectivity index (χ4n) is 1.91. The van der Waals surface area contributed by atoms with Gasteiger partial charge in [0.2, 0.25) is 11.8 Å². The van der Waals surface area contributed by atoms with Crippen molar-refractivity contribution in [3.05, 3.63) is 29.8 Å². The lowest BCUT2D eigenvalue weighted by Gasteiger charge is -2.07. The molecule has 1 fully saturated rings. The van der Waals surface area contributed by atoms with E-state index in [4.69, 9.17) is 0 Å². The summed E-state index contributed by atoms with van der Waals surface area (Å²) in [6.07, 6.45) is 1.06. The third-order valence-corrected chi connectivity index (χ3v) is 4.51. The Morgan fingerprint density at radius 1 is 1.41 bits per heavy atom. The smallest absolute Gasteiger partial charge is 0.240 e. The number of anilines is 1. The second kappa shape index (κ2) is 7.45. The summed E-state index contributed by atoms with van der Waals surface area (Å²) in [7, 11) is 0. The molecule has 0 radical (unpaired) electrons. The van der Waals surface area contributed by atoms with Crippen LogP contribution in [0.1, 0.15) is 32.3 Å². The van der Waals surface area contributed by atoms with Crippen molar-refractivity contribution in [2.24, 2.45) is 4.99 Å². The zero-order valence-electron chi connectivity index (χ0n) is 13.1. The fraction of sp³-hybridized carbons (Fsp3) is 0.438. The van der Waals surface area contributed by atoms with E-state index in [0.29, 0.717) is 5.17 Å². The van der Waals surface area contributed by atoms with Gasteiger partial charge >= 0.3 is 0 Å². The van der Waals surface area contributed by atoms with E-state index in [-0.39, 0.29) is 24.3 Å². The molecule has 2 amide bonds. The summed E-state index contributed by atoms with van der Waals surface area (Å²) < 4.78 is 0. The monoisotopic (exact) mass is 319 g/mol. The van der Waals surface area contributed by atoms with E-state index < -0.39 is 5.25 Å². The lowest BCUT2D eigenvalue weighted by molar-refractivity contribution is -0.122. The summed E-state index contributed by atoms with van der Waals surface area (Å²) in [6.45, 7) is 6.03. The fourth-order valence-corrected chi connectivity index (χ4v) is 2.98. The van der Waals surface area contributed by atoms with Crippen molar-refractivity contribution >= 4 is 34.4 Å². The minimum atomic E-state index is -0.409. The van der Waals surface area contributed by atoms with Crippen molar-refractivity contribution < 1.29 is 9.59 Å². The minimum absolute atomic E-state index is 0.143. The molecular weight excluding hydrogens is 298 g/mol. The third-order valence-electron chi connectivity index (χ3n) is 3.41. The Labute approximate surface area is 135 Å². The predicted molar refractivity (Wildman–Crippen MR) is 91.1 cm³/mol. The number of thioether (sulfide) groups is 1. The Kier molecular flexibility index (Phi) is 5.60. The van der Waals surface area contributed by atoms with E-state index >= 15 is 0 Å². The molecule has 2 atom stereocenters. The Morgan fingerprint density at radius 2 is 2.09 bits per heavy atom. The van der Waals surface area contributed by atoms with Crippen LogP contribution in [0.4, 0.5) is 5.69 Å². The molecule has 0 aromatic heterocycles. The summed E-state index contributed by atoms with van der Waals surface area (Å²) in [6, 6.07) is 7.74. The van der Waals surface area contributed by atoms with Crippen molar-refractivity contribution in [1.82, 2.24) is 5.32 Å². The maximum absolute atomic E-state index is 12.0. The second-order valence-corrected chi connectivity index (χ2v) is 6.60. The van der Waals surface area contributed by atoms with Crippen molar-refractivity contribution in [2.75, 3.05) is 5.32 Å². The molecule has 1 aliphatic heterocycles. The first kappa shape index (κ1) is 16.5. The SMILES string of the molecule is CCC(C)N=C1NC(=O)C(CC(=O)Nc2ccc(C)cc2)S1. The first-order valence-electron chi connectivity index (χ1n) is 7.39. The van der Waals surface area contributed by atoms with Crippen LogP contribution in [0.15, 0.2) is 29.3 Å². The van der Waals surface area contributed by atoms with Gasteiger partial charge in [0.15, 0.2) is 5.17 Å². The molecule has 2 N–H and O–H groups in total. The average molecular weight is 319 g/mol. The van der Waals surface area contributed by atoms with Gasteiger partial charge in [0, 0.05) is 18.2 Å². The number of carbonyl (C=O) groups excluding carboxylic acids is 2. The molecule has 0 spiro atoms. The lowest BCUT2D eigenvalue weighted by Crippen LogP contribution is -2.28. The highest BCUT2D eigenvalue weighted by Crippen LogP contribution is 2.23. The van der Waals surface area contributed by atoms with Crippen LogP contribution in [0, 0.1) is 6.92 Å². The molecule has 1 aromatic rings. The van der Waals surface area contributed by atoms with Crippen LogP contribution >= 0.6 is 11.8 Å². The molecule has 0 saturated carbocycles. The van der Waals surface area contributed by atoms with Crippen LogP contribution in [0.3, 0.4) is 0 Å². The molecule has 6 heteroatoms. The normalized spacial score (nSPS) is 20.8. The number of hydrogen-bond donors (Lipinski definition) is 2. The van der Waals surface area contributed by atoms with Gasteiger partial charge in [-0.25, -0.2) is 0 Å². The first-order valence-corrected chi connectivity index (χ1v) is 8.27. The molecule has 118 valence electrons. The van der Waals surface area contributed by atoms with Gasteiger partial charge in [0.05, 0.1) is 0 Å². The number of carbonyl (C=O) groups is 2. The maximum atomic E-state index is 12.0. The topological polar surface area (TPSA) is 70.6 Å². The third kappa shape index (κ3) is 4.59. The average Bonchev–Trinajstić information content (AvgIpc) is 2.81. The zero-order valence-corrected chi connectivity index (χ0v) is 13.9. The Morgan fingerprint density at radius 3 is 2.73 bits per heavy atom. The molecule has 1 heterocycles. The quantitative estimate of drug-likeness (QED) is 0.876. The van der Waals surface area contributed by atoms with Gasteiger partial charge in [-0.15, -0.1) is 0 Å². The van der Waals surface area contributed by atoms with E-state index in [1.54, 1.807) is 0 Å². The van der Waals surface area contributed by atoms with Crippen molar-refractivity contribution in [3.8, 4) is 0 Å². The van der Waals surface area contributed by atoms with Gasteiger partial charge in [-0.2, -0.15) is 0 Å². The standard InChI is InChI=1S/C16H21N3O2S/c1-4-11(3)17-16-19-15(21)13(22-16)9-14(20)18-12-7-5-10(2)6-8-12/h5-8,11,13H,4,9H2,1-3H3,(H,18,20)(H,17,19,21). The van der Waals surface area contributed by atoms with Crippen LogP contribution in [0.2, 0.25) is 0 Å². The highest BCUT2D eigenvalue weighted by atomic mass is 32.2. The van der Waals surface area contributed by atoms with Gasteiger partial charge in [0.25, 0.3) is 0 Å². The van der Waals surface area contributed by atoms with Crippen molar-refractivity contribution in [2.45, 2.75) is 44.9 Å². The first-order chi connectivity index (χ1) is 10.5. The van der Waals surface area contributed by atoms with Crippen LogP contribution in [0.5, 0.6) is 0 Å². The van der Waals surface area contributed by atoms with Crippen LogP contribution in [-0.4, -0.2) is 28.3 Å². The van der Waals surface area contributed by atoms with E-state index in [0.717, 1.165) is 17.7 Å². The summed E-state index contributed by atoms with van der Waals surface area (Å²) in [4.78, 5) is 28.3. The molecule has 1 aromatic carbocycles. The molecule has 2 rings (SSSR count). The minimum Gasteiger partial charge on any atom is -0.326 e. The summed E-state index contributed by atoms with van der Waals surface area (Å²) in [5.41, 5.74) is 1.88. The number of amidine groups is 1. The lowest BCUT2D eigenvalue weighted by atomic mass is 10.2. The highest BCUT2D eigenvalue weighted by molar-refractivity contribution is 8.15. The number of aryl methyl sites for hydroxylation is 1. The molecule has 2 unspecified atom stereocenters. The number of amides is 2. The maximum Gasteiger partial charge on any atom is 0.240 e. The van der Waals surface area contributed by atoms with E-state index in [1.807, 2.05) is 45.0 Å². The number of benzene rings is 1. The summed E-state index contributed by atoms with van der Waals surface area (Å²) in [5, 5.41) is 5.76. The van der Waals surface area contributed by atoms with Gasteiger partial charge in [-0.1, -0.05) is 36.4 Å². The molecule has 1 aliphatic rings. The van der Waals surface area contributed by atoms with Crippen molar-refractivity contribution in [1.29, 1.82) is 0 Å². The Balaban J connectivity index is 1.90. The number of nitrogens with zero attached hydrogens (tertiary/aromatic N) is 1. The van der Waals surface area contributed by atoms with E-state index in [1.165, 1.54) is 11.8 Å². The van der Waals surface area contributed by atoms with Gasteiger partial charge in [-0.05, 0) is 32.4 Å². The van der Waals surface area contributed by atoms with Gasteiger partial charge in [-0.3, -0.25) is 14.6 Å². The van der Waals surface area contributed by atoms with Gasteiger partial charge in [0.1, 0.15) is 5.25 Å². The Hall–Kier alpha value is -1.82. The largest absolute Gasteiger partial charge is 0.326 e. The molecule has 1 saturated heterocycles. The van der Waals surface area contributed by atoms with E-state index in [9.17, 15) is 9.59 Å². The summed E-state index contributed by atoms with van der Waals surface area (Å²) in [5.74, 6) is -0.313. The highest BCUT2D eigenvalue weighted by Gasteiger charge is 2.32. The molecular formula is C16H21N3O2S. The Bertz CT molecular complexity index is 584. The summed E-state index contributed by atoms with van der Waals surface area (Å²) >= 11 is 1.33. The number of rotatable bonds is 5. The molecule has 22 heavy (non-hydrogen) atoms. The van der Waals surface area contributed by atoms with Crippen molar-refractivity contribution in [3.63, 3.8) is 0 Å².